The standard InChI is InChI=1S/C11H12F2N2O3/c1-18-9-3-2-7(15(16)17)4-8(9)10(6-14)5-11(10,12)13/h2-4H,5-6,14H2,1H3. The smallest absolute Gasteiger partial charge is 0.269 e. The maximum atomic E-state index is 13.5. The molecule has 1 aromatic carbocycles. The summed E-state index contributed by atoms with van der Waals surface area (Å²) in [6, 6.07) is 3.65. The summed E-state index contributed by atoms with van der Waals surface area (Å²) in [5.41, 5.74) is 3.74. The predicted octanol–water partition coefficient (Wildman–Crippen LogP) is 1.84. The number of halogens is 2. The largest absolute Gasteiger partial charge is 0.496 e. The van der Waals surface area contributed by atoms with Crippen molar-refractivity contribution in [1.29, 1.82) is 0 Å². The maximum absolute atomic E-state index is 13.5. The molecule has 0 aromatic heterocycles. The van der Waals surface area contributed by atoms with E-state index in [1.807, 2.05) is 0 Å². The van der Waals surface area contributed by atoms with E-state index in [0.717, 1.165) is 6.07 Å². The number of hydrogen-bond acceptors (Lipinski definition) is 4. The van der Waals surface area contributed by atoms with Crippen molar-refractivity contribution in [3.05, 3.63) is 33.9 Å². The zero-order valence-electron chi connectivity index (χ0n) is 9.65. The molecule has 1 aliphatic carbocycles. The van der Waals surface area contributed by atoms with Crippen LogP contribution in [0.5, 0.6) is 5.75 Å². The van der Waals surface area contributed by atoms with Crippen LogP contribution in [0.15, 0.2) is 18.2 Å². The lowest BCUT2D eigenvalue weighted by Gasteiger charge is -2.17. The maximum Gasteiger partial charge on any atom is 0.269 e. The lowest BCUT2D eigenvalue weighted by Crippen LogP contribution is -2.27. The molecule has 1 saturated carbocycles. The topological polar surface area (TPSA) is 78.4 Å². The Balaban J connectivity index is 2.55. The Morgan fingerprint density at radius 3 is 2.56 bits per heavy atom. The second kappa shape index (κ2) is 3.88. The second-order valence-electron chi connectivity index (χ2n) is 4.31. The highest BCUT2D eigenvalue weighted by Gasteiger charge is 2.72. The van der Waals surface area contributed by atoms with Gasteiger partial charge in [-0.25, -0.2) is 8.78 Å². The van der Waals surface area contributed by atoms with Gasteiger partial charge in [0, 0.05) is 30.7 Å². The number of ether oxygens (including phenoxy) is 1. The van der Waals surface area contributed by atoms with E-state index in [9.17, 15) is 18.9 Å². The van der Waals surface area contributed by atoms with E-state index < -0.39 is 22.7 Å². The molecule has 0 radical (unpaired) electrons. The molecule has 1 aliphatic rings. The van der Waals surface area contributed by atoms with Gasteiger partial charge in [-0.05, 0) is 6.07 Å². The summed E-state index contributed by atoms with van der Waals surface area (Å²) in [5, 5.41) is 10.7. The summed E-state index contributed by atoms with van der Waals surface area (Å²) < 4.78 is 32.0. The fraction of sp³-hybridized carbons (Fsp3) is 0.455. The molecule has 2 rings (SSSR count). The van der Waals surface area contributed by atoms with Crippen LogP contribution in [0.4, 0.5) is 14.5 Å². The first-order valence-corrected chi connectivity index (χ1v) is 5.29. The van der Waals surface area contributed by atoms with E-state index in [1.54, 1.807) is 0 Å². The quantitative estimate of drug-likeness (QED) is 0.660. The van der Waals surface area contributed by atoms with Gasteiger partial charge in [0.1, 0.15) is 5.75 Å². The lowest BCUT2D eigenvalue weighted by atomic mass is 9.94. The highest BCUT2D eigenvalue weighted by Crippen LogP contribution is 2.62. The first kappa shape index (κ1) is 12.7. The Hall–Kier alpha value is -1.76. The van der Waals surface area contributed by atoms with Crippen LogP contribution in [0.2, 0.25) is 0 Å². The zero-order chi connectivity index (χ0) is 13.6. The molecule has 0 aliphatic heterocycles. The van der Waals surface area contributed by atoms with Gasteiger partial charge in [-0.15, -0.1) is 0 Å². The number of rotatable bonds is 4. The fourth-order valence-electron chi connectivity index (χ4n) is 2.14. The number of benzene rings is 1. The average molecular weight is 258 g/mol. The number of methoxy groups -OCH3 is 1. The molecule has 1 aromatic rings. The van der Waals surface area contributed by atoms with Gasteiger partial charge < -0.3 is 10.5 Å². The molecule has 5 nitrogen and oxygen atoms in total. The zero-order valence-corrected chi connectivity index (χ0v) is 9.65. The minimum atomic E-state index is -2.94. The Morgan fingerprint density at radius 1 is 1.56 bits per heavy atom. The van der Waals surface area contributed by atoms with E-state index in [0.29, 0.717) is 0 Å². The van der Waals surface area contributed by atoms with Crippen molar-refractivity contribution >= 4 is 5.69 Å². The molecule has 2 N–H and O–H groups in total. The van der Waals surface area contributed by atoms with E-state index in [2.05, 4.69) is 0 Å². The second-order valence-corrected chi connectivity index (χ2v) is 4.31. The number of non-ortho nitro benzene ring substituents is 1. The Labute approximate surface area is 102 Å². The fourth-order valence-corrected chi connectivity index (χ4v) is 2.14. The van der Waals surface area contributed by atoms with Crippen LogP contribution < -0.4 is 10.5 Å². The molecule has 18 heavy (non-hydrogen) atoms. The molecule has 1 atom stereocenters. The Morgan fingerprint density at radius 2 is 2.17 bits per heavy atom. The van der Waals surface area contributed by atoms with Crippen molar-refractivity contribution in [1.82, 2.24) is 0 Å². The van der Waals surface area contributed by atoms with E-state index in [1.165, 1.54) is 19.2 Å². The van der Waals surface area contributed by atoms with Gasteiger partial charge in [0.2, 0.25) is 0 Å². The summed E-state index contributed by atoms with van der Waals surface area (Å²) in [5.74, 6) is -2.74. The van der Waals surface area contributed by atoms with Gasteiger partial charge in [0.05, 0.1) is 17.4 Å². The monoisotopic (exact) mass is 258 g/mol. The molecule has 7 heteroatoms. The molecular formula is C11H12F2N2O3. The molecule has 1 unspecified atom stereocenters. The molecule has 0 heterocycles. The van der Waals surface area contributed by atoms with Gasteiger partial charge in [-0.3, -0.25) is 10.1 Å². The minimum Gasteiger partial charge on any atom is -0.496 e. The Kier molecular flexibility index (Phi) is 2.73. The first-order chi connectivity index (χ1) is 8.38. The van der Waals surface area contributed by atoms with Gasteiger partial charge >= 0.3 is 0 Å². The van der Waals surface area contributed by atoms with Crippen molar-refractivity contribution in [2.45, 2.75) is 17.8 Å². The number of nitro groups is 1. The van der Waals surface area contributed by atoms with E-state index in [-0.39, 0.29) is 23.5 Å². The number of hydrogen-bond donors (Lipinski definition) is 1. The van der Waals surface area contributed by atoms with E-state index in [4.69, 9.17) is 10.5 Å². The van der Waals surface area contributed by atoms with Crippen molar-refractivity contribution in [2.75, 3.05) is 13.7 Å². The van der Waals surface area contributed by atoms with Gasteiger partial charge in [-0.2, -0.15) is 0 Å². The third-order valence-corrected chi connectivity index (χ3v) is 3.36. The summed E-state index contributed by atoms with van der Waals surface area (Å²) in [6.07, 6.45) is -0.409. The van der Waals surface area contributed by atoms with Crippen LogP contribution in [0.3, 0.4) is 0 Å². The number of nitrogens with two attached hydrogens (primary N) is 1. The highest BCUT2D eigenvalue weighted by molar-refractivity contribution is 5.53. The van der Waals surface area contributed by atoms with E-state index >= 15 is 0 Å². The summed E-state index contributed by atoms with van der Waals surface area (Å²) >= 11 is 0. The molecular weight excluding hydrogens is 246 g/mol. The van der Waals surface area contributed by atoms with Crippen molar-refractivity contribution in [3.8, 4) is 5.75 Å². The lowest BCUT2D eigenvalue weighted by molar-refractivity contribution is -0.385. The third-order valence-electron chi connectivity index (χ3n) is 3.36. The third kappa shape index (κ3) is 1.62. The van der Waals surface area contributed by atoms with Crippen molar-refractivity contribution in [3.63, 3.8) is 0 Å². The normalized spacial score (nSPS) is 24.7. The van der Waals surface area contributed by atoms with Gasteiger partial charge in [-0.1, -0.05) is 0 Å². The van der Waals surface area contributed by atoms with Gasteiger partial charge in [0.25, 0.3) is 11.6 Å². The summed E-state index contributed by atoms with van der Waals surface area (Å²) in [6.45, 7) is -0.280. The summed E-state index contributed by atoms with van der Waals surface area (Å²) in [4.78, 5) is 10.1. The van der Waals surface area contributed by atoms with Crippen molar-refractivity contribution in [2.24, 2.45) is 5.73 Å². The van der Waals surface area contributed by atoms with Crippen molar-refractivity contribution < 1.29 is 18.4 Å². The number of alkyl halides is 2. The molecule has 1 fully saturated rings. The number of nitrogens with zero attached hydrogens (tertiary/aromatic N) is 1. The molecule has 0 saturated heterocycles. The average Bonchev–Trinajstić information content (AvgIpc) is 2.91. The molecule has 0 spiro atoms. The van der Waals surface area contributed by atoms with Crippen LogP contribution in [-0.2, 0) is 5.41 Å². The predicted molar refractivity (Wildman–Crippen MR) is 59.9 cm³/mol. The van der Waals surface area contributed by atoms with Crippen LogP contribution >= 0.6 is 0 Å². The van der Waals surface area contributed by atoms with Crippen LogP contribution in [-0.4, -0.2) is 24.5 Å². The minimum absolute atomic E-state index is 0.103. The molecule has 98 valence electrons. The summed E-state index contributed by atoms with van der Waals surface area (Å²) in [7, 11) is 1.33. The first-order valence-electron chi connectivity index (χ1n) is 5.29. The van der Waals surface area contributed by atoms with Crippen LogP contribution in [0.25, 0.3) is 0 Å². The SMILES string of the molecule is COc1ccc([N+](=O)[O-])cc1C1(CN)CC1(F)F. The number of nitro benzene ring substituents is 1. The Bertz CT molecular complexity index is 507. The molecule has 0 bridgehead atoms. The van der Waals surface area contributed by atoms with Crippen LogP contribution in [0, 0.1) is 10.1 Å². The van der Waals surface area contributed by atoms with Gasteiger partial charge in [0.15, 0.2) is 0 Å². The van der Waals surface area contributed by atoms with Crippen LogP contribution in [0.1, 0.15) is 12.0 Å². The molecule has 0 amide bonds. The highest BCUT2D eigenvalue weighted by atomic mass is 19.3.